The van der Waals surface area contributed by atoms with Crippen molar-refractivity contribution in [2.24, 2.45) is 7.05 Å². The number of carbonyl (C=O) groups excluding carboxylic acids is 2. The van der Waals surface area contributed by atoms with Crippen molar-refractivity contribution in [3.05, 3.63) is 59.7 Å². The monoisotopic (exact) mass is 446 g/mol. The summed E-state index contributed by atoms with van der Waals surface area (Å²) in [6.07, 6.45) is 5.90. The first-order valence-electron chi connectivity index (χ1n) is 11.5. The lowest BCUT2D eigenvalue weighted by molar-refractivity contribution is 0.0675. The highest BCUT2D eigenvalue weighted by molar-refractivity contribution is 5.92. The smallest absolute Gasteiger partial charge is 0.293 e. The van der Waals surface area contributed by atoms with Gasteiger partial charge in [-0.05, 0) is 31.2 Å². The topological polar surface area (TPSA) is 111 Å². The van der Waals surface area contributed by atoms with E-state index in [9.17, 15) is 9.59 Å². The summed E-state index contributed by atoms with van der Waals surface area (Å²) < 4.78 is 3.46. The number of amides is 2. The molecule has 1 N–H and O–H groups in total. The van der Waals surface area contributed by atoms with Crippen LogP contribution in [0.4, 0.5) is 0 Å². The van der Waals surface area contributed by atoms with Gasteiger partial charge in [-0.15, -0.1) is 15.3 Å². The number of likely N-dealkylation sites (tertiary alicyclic amines) is 1. The van der Waals surface area contributed by atoms with Crippen molar-refractivity contribution in [1.82, 2.24) is 39.7 Å². The van der Waals surface area contributed by atoms with Crippen LogP contribution in [0.1, 0.15) is 58.3 Å². The third-order valence-electron chi connectivity index (χ3n) is 7.31. The lowest BCUT2D eigenvalue weighted by Gasteiger charge is -2.37. The molecule has 2 amide bonds. The van der Waals surface area contributed by atoms with Crippen LogP contribution in [-0.2, 0) is 25.4 Å². The highest BCUT2D eigenvalue weighted by Gasteiger charge is 2.52. The first-order chi connectivity index (χ1) is 16.0. The third-order valence-corrected chi connectivity index (χ3v) is 7.31. The van der Waals surface area contributed by atoms with E-state index in [1.54, 1.807) is 18.1 Å². The molecule has 6 rings (SSSR count). The fourth-order valence-electron chi connectivity index (χ4n) is 5.43. The second-order valence-corrected chi connectivity index (χ2v) is 9.33. The first kappa shape index (κ1) is 20.1. The molecule has 2 aliphatic heterocycles. The number of carbonyl (C=O) groups is 2. The third kappa shape index (κ3) is 3.32. The van der Waals surface area contributed by atoms with Crippen LogP contribution >= 0.6 is 0 Å². The molecule has 1 aliphatic carbocycles. The Bertz CT molecular complexity index is 1210. The second kappa shape index (κ2) is 7.50. The molecule has 170 valence electrons. The molecule has 0 spiro atoms. The van der Waals surface area contributed by atoms with Crippen LogP contribution in [0.5, 0.6) is 0 Å². The summed E-state index contributed by atoms with van der Waals surface area (Å²) in [6.45, 7) is 1.07. The molecule has 3 aliphatic rings. The average molecular weight is 447 g/mol. The van der Waals surface area contributed by atoms with E-state index in [1.165, 1.54) is 5.56 Å². The van der Waals surface area contributed by atoms with Crippen molar-refractivity contribution in [3.8, 4) is 0 Å². The minimum absolute atomic E-state index is 0.166. The van der Waals surface area contributed by atoms with Gasteiger partial charge in [-0.2, -0.15) is 0 Å². The van der Waals surface area contributed by atoms with Gasteiger partial charge in [0.05, 0.1) is 6.04 Å². The highest BCUT2D eigenvalue weighted by Crippen LogP contribution is 2.46. The summed E-state index contributed by atoms with van der Waals surface area (Å²) in [5.74, 6) is 0.950. The lowest BCUT2D eigenvalue weighted by atomic mass is 9.71. The maximum Gasteiger partial charge on any atom is 0.293 e. The van der Waals surface area contributed by atoms with Gasteiger partial charge in [0, 0.05) is 38.0 Å². The van der Waals surface area contributed by atoms with Crippen LogP contribution in [0.25, 0.3) is 0 Å². The van der Waals surface area contributed by atoms with Crippen LogP contribution in [0.3, 0.4) is 0 Å². The summed E-state index contributed by atoms with van der Waals surface area (Å²) in [5, 5.41) is 15.9. The normalized spacial score (nSPS) is 24.2. The van der Waals surface area contributed by atoms with Crippen molar-refractivity contribution in [2.45, 2.75) is 56.1 Å². The Morgan fingerprint density at radius 1 is 1.12 bits per heavy atom. The first-order valence-corrected chi connectivity index (χ1v) is 11.5. The Kier molecular flexibility index (Phi) is 4.56. The van der Waals surface area contributed by atoms with Crippen LogP contribution in [0.15, 0.2) is 36.7 Å². The molecule has 33 heavy (non-hydrogen) atoms. The molecule has 4 heterocycles. The zero-order chi connectivity index (χ0) is 22.6. The largest absolute Gasteiger partial charge is 0.347 e. The Morgan fingerprint density at radius 2 is 1.94 bits per heavy atom. The van der Waals surface area contributed by atoms with Crippen molar-refractivity contribution in [1.29, 1.82) is 0 Å². The minimum Gasteiger partial charge on any atom is -0.347 e. The van der Waals surface area contributed by atoms with Gasteiger partial charge >= 0.3 is 0 Å². The number of rotatable bonds is 4. The lowest BCUT2D eigenvalue weighted by Crippen LogP contribution is -2.47. The predicted molar refractivity (Wildman–Crippen MR) is 117 cm³/mol. The van der Waals surface area contributed by atoms with E-state index in [0.717, 1.165) is 31.5 Å². The molecule has 0 radical (unpaired) electrons. The summed E-state index contributed by atoms with van der Waals surface area (Å²) in [5.41, 5.74) is 0.971. The molecule has 2 fully saturated rings. The van der Waals surface area contributed by atoms with E-state index < -0.39 is 0 Å². The molecular weight excluding hydrogens is 420 g/mol. The van der Waals surface area contributed by atoms with E-state index in [1.807, 2.05) is 27.7 Å². The molecule has 1 saturated carbocycles. The van der Waals surface area contributed by atoms with Crippen molar-refractivity contribution < 1.29 is 9.59 Å². The van der Waals surface area contributed by atoms with Gasteiger partial charge in [0.15, 0.2) is 0 Å². The fourth-order valence-corrected chi connectivity index (χ4v) is 5.43. The summed E-state index contributed by atoms with van der Waals surface area (Å²) in [4.78, 5) is 32.5. The Labute approximate surface area is 191 Å². The zero-order valence-corrected chi connectivity index (χ0v) is 18.5. The zero-order valence-electron chi connectivity index (χ0n) is 18.5. The van der Waals surface area contributed by atoms with Crippen LogP contribution in [0, 0.1) is 0 Å². The highest BCUT2D eigenvalue weighted by atomic mass is 16.2. The molecule has 3 aromatic rings. The number of nitrogens with zero attached hydrogens (tertiary/aromatic N) is 7. The maximum absolute atomic E-state index is 13.5. The molecule has 2 aromatic heterocycles. The number of hydrogen-bond acceptors (Lipinski definition) is 6. The van der Waals surface area contributed by atoms with Crippen molar-refractivity contribution >= 4 is 11.8 Å². The van der Waals surface area contributed by atoms with Crippen LogP contribution in [-0.4, -0.2) is 64.9 Å². The van der Waals surface area contributed by atoms with Gasteiger partial charge in [-0.1, -0.05) is 30.3 Å². The fraction of sp³-hybridized carbons (Fsp3) is 0.478. The average Bonchev–Trinajstić information content (AvgIpc) is 3.26. The predicted octanol–water partition coefficient (Wildman–Crippen LogP) is 1.10. The Hall–Kier alpha value is -3.56. The molecule has 0 unspecified atom stereocenters. The molecule has 2 atom stereocenters. The minimum atomic E-state index is -0.239. The standard InChI is InChI=1S/C23H26N8O2/c1-29-14-24-19(28-29)22(33)30-12-11-23(15-5-3-2-4-6-15)10-9-18-26-27-20(31(18)13-17(23)30)21(32)25-16-7-8-16/h2-6,14,16-17H,7-13H2,1H3,(H,25,32)/t17-,23-/m0/s1. The van der Waals surface area contributed by atoms with E-state index >= 15 is 0 Å². The van der Waals surface area contributed by atoms with E-state index in [-0.39, 0.29) is 35.1 Å². The number of aromatic nitrogens is 6. The summed E-state index contributed by atoms with van der Waals surface area (Å²) in [6, 6.07) is 10.5. The van der Waals surface area contributed by atoms with Gasteiger partial charge in [-0.25, -0.2) is 4.98 Å². The van der Waals surface area contributed by atoms with Crippen molar-refractivity contribution in [3.63, 3.8) is 0 Å². The number of nitrogens with one attached hydrogen (secondary N) is 1. The molecule has 10 heteroatoms. The molecule has 1 saturated heterocycles. The van der Waals surface area contributed by atoms with Crippen molar-refractivity contribution in [2.75, 3.05) is 6.54 Å². The SMILES string of the molecule is Cn1cnc(C(=O)N2CC[C@]3(c4ccccc4)CCc4nnc(C(=O)NC5CC5)n4C[C@H]23)n1. The van der Waals surface area contributed by atoms with Gasteiger partial charge in [0.2, 0.25) is 11.6 Å². The number of aryl methyl sites for hydroxylation is 2. The van der Waals surface area contributed by atoms with Crippen LogP contribution in [0.2, 0.25) is 0 Å². The van der Waals surface area contributed by atoms with Crippen LogP contribution < -0.4 is 5.32 Å². The molecule has 0 bridgehead atoms. The number of fused-ring (bicyclic) bond motifs is 2. The molecule has 10 nitrogen and oxygen atoms in total. The summed E-state index contributed by atoms with van der Waals surface area (Å²) >= 11 is 0. The summed E-state index contributed by atoms with van der Waals surface area (Å²) in [7, 11) is 1.75. The Balaban J connectivity index is 1.41. The van der Waals surface area contributed by atoms with Gasteiger partial charge in [-0.3, -0.25) is 14.3 Å². The quantitative estimate of drug-likeness (QED) is 0.643. The van der Waals surface area contributed by atoms with Gasteiger partial charge in [0.25, 0.3) is 11.8 Å². The van der Waals surface area contributed by atoms with E-state index in [2.05, 4.69) is 37.7 Å². The molecule has 1 aromatic carbocycles. The maximum atomic E-state index is 13.5. The van der Waals surface area contributed by atoms with Gasteiger partial charge < -0.3 is 14.8 Å². The second-order valence-electron chi connectivity index (χ2n) is 9.33. The number of benzene rings is 1. The van der Waals surface area contributed by atoms with E-state index in [0.29, 0.717) is 25.3 Å². The molecular formula is C23H26N8O2. The van der Waals surface area contributed by atoms with Gasteiger partial charge in [0.1, 0.15) is 12.2 Å². The number of hydrogen-bond donors (Lipinski definition) is 1. The van der Waals surface area contributed by atoms with E-state index in [4.69, 9.17) is 0 Å². The Morgan fingerprint density at radius 3 is 2.67 bits per heavy atom.